The molecule has 1 aliphatic rings. The highest BCUT2D eigenvalue weighted by Gasteiger charge is 2.34. The highest BCUT2D eigenvalue weighted by atomic mass is 35.5. The van der Waals surface area contributed by atoms with Crippen LogP contribution < -0.4 is 5.32 Å². The fraction of sp³-hybridized carbons (Fsp3) is 0.429. The lowest BCUT2D eigenvalue weighted by molar-refractivity contribution is -0.149. The molecule has 21 heavy (non-hydrogen) atoms. The molecule has 0 aliphatic carbocycles. The molecule has 7 heteroatoms. The number of carbonyl (C=O) groups excluding carboxylic acids is 2. The number of carbonyl (C=O) groups is 2. The number of ether oxygens (including phenoxy) is 1. The summed E-state index contributed by atoms with van der Waals surface area (Å²) < 4.78 is 5.00. The van der Waals surface area contributed by atoms with Gasteiger partial charge in [-0.15, -0.1) is 0 Å². The average molecular weight is 313 g/mol. The van der Waals surface area contributed by atoms with E-state index in [-0.39, 0.29) is 22.9 Å². The number of nitrogens with zero attached hydrogens (tertiary/aromatic N) is 1. The predicted octanol–water partition coefficient (Wildman–Crippen LogP) is 1.02. The van der Waals surface area contributed by atoms with E-state index >= 15 is 0 Å². The fourth-order valence-corrected chi connectivity index (χ4v) is 2.43. The van der Waals surface area contributed by atoms with Crippen LogP contribution in [-0.4, -0.2) is 54.2 Å². The molecule has 1 unspecified atom stereocenters. The van der Waals surface area contributed by atoms with Crippen LogP contribution in [0.5, 0.6) is 5.75 Å². The number of aromatic hydroxyl groups is 1. The summed E-state index contributed by atoms with van der Waals surface area (Å²) >= 11 is 6.01. The Morgan fingerprint density at radius 3 is 3.00 bits per heavy atom. The van der Waals surface area contributed by atoms with Crippen molar-refractivity contribution in [1.29, 1.82) is 0 Å². The Hall–Kier alpha value is -1.79. The van der Waals surface area contributed by atoms with Crippen LogP contribution in [0, 0.1) is 0 Å². The van der Waals surface area contributed by atoms with E-state index in [9.17, 15) is 14.7 Å². The quantitative estimate of drug-likeness (QED) is 0.815. The molecule has 0 bridgehead atoms. The smallest absolute Gasteiger partial charge is 0.330 e. The predicted molar refractivity (Wildman–Crippen MR) is 77.4 cm³/mol. The zero-order valence-electron chi connectivity index (χ0n) is 11.6. The molecular weight excluding hydrogens is 296 g/mol. The highest BCUT2D eigenvalue weighted by molar-refractivity contribution is 6.34. The molecule has 1 amide bonds. The zero-order valence-corrected chi connectivity index (χ0v) is 12.4. The second-order valence-electron chi connectivity index (χ2n) is 4.63. The van der Waals surface area contributed by atoms with E-state index in [2.05, 4.69) is 5.32 Å². The Kier molecular flexibility index (Phi) is 5.03. The number of piperazine rings is 1. The largest absolute Gasteiger partial charge is 0.508 e. The van der Waals surface area contributed by atoms with Crippen molar-refractivity contribution in [3.8, 4) is 5.75 Å². The molecule has 114 valence electrons. The first-order chi connectivity index (χ1) is 10.0. The molecule has 1 saturated heterocycles. The first kappa shape index (κ1) is 15.6. The molecular formula is C14H17ClN2O4. The van der Waals surface area contributed by atoms with Crippen LogP contribution in [-0.2, 0) is 9.53 Å². The maximum atomic E-state index is 12.6. The minimum Gasteiger partial charge on any atom is -0.508 e. The molecule has 1 aromatic rings. The number of esters is 1. The SMILES string of the molecule is CCOC(=O)C1CNCCN1C(=O)c1cc(O)ccc1Cl. The molecule has 0 radical (unpaired) electrons. The van der Waals surface area contributed by atoms with Gasteiger partial charge in [-0.2, -0.15) is 0 Å². The minimum absolute atomic E-state index is 0.0504. The zero-order chi connectivity index (χ0) is 15.4. The summed E-state index contributed by atoms with van der Waals surface area (Å²) in [5, 5.41) is 12.8. The lowest BCUT2D eigenvalue weighted by Gasteiger charge is -2.34. The van der Waals surface area contributed by atoms with Crippen LogP contribution in [0.4, 0.5) is 0 Å². The molecule has 2 rings (SSSR count). The minimum atomic E-state index is -0.690. The standard InChI is InChI=1S/C14H17ClN2O4/c1-2-21-14(20)12-8-16-5-6-17(12)13(19)10-7-9(18)3-4-11(10)15/h3-4,7,12,16,18H,2,5-6,8H2,1H3. The number of benzene rings is 1. The van der Waals surface area contributed by atoms with Gasteiger partial charge in [-0.3, -0.25) is 4.79 Å². The van der Waals surface area contributed by atoms with Crippen molar-refractivity contribution >= 4 is 23.5 Å². The van der Waals surface area contributed by atoms with Gasteiger partial charge in [0, 0.05) is 19.6 Å². The number of nitrogens with one attached hydrogen (secondary N) is 1. The van der Waals surface area contributed by atoms with Crippen molar-refractivity contribution in [2.45, 2.75) is 13.0 Å². The molecule has 1 fully saturated rings. The Balaban J connectivity index is 2.26. The number of phenolic OH excluding ortho intramolecular Hbond substituents is 1. The fourth-order valence-electron chi connectivity index (χ4n) is 2.23. The van der Waals surface area contributed by atoms with Gasteiger partial charge in [0.1, 0.15) is 11.8 Å². The molecule has 6 nitrogen and oxygen atoms in total. The lowest BCUT2D eigenvalue weighted by Crippen LogP contribution is -2.57. The van der Waals surface area contributed by atoms with Crippen molar-refractivity contribution in [3.05, 3.63) is 28.8 Å². The monoisotopic (exact) mass is 312 g/mol. The van der Waals surface area contributed by atoms with Gasteiger partial charge in [-0.25, -0.2) is 4.79 Å². The number of phenols is 1. The number of amides is 1. The first-order valence-electron chi connectivity index (χ1n) is 6.71. The molecule has 2 N–H and O–H groups in total. The maximum Gasteiger partial charge on any atom is 0.330 e. The van der Waals surface area contributed by atoms with Crippen molar-refractivity contribution in [1.82, 2.24) is 10.2 Å². The van der Waals surface area contributed by atoms with Crippen LogP contribution in [0.25, 0.3) is 0 Å². The lowest BCUT2D eigenvalue weighted by atomic mass is 10.1. The van der Waals surface area contributed by atoms with Gasteiger partial charge in [-0.05, 0) is 25.1 Å². The van der Waals surface area contributed by atoms with Crippen molar-refractivity contribution in [3.63, 3.8) is 0 Å². The van der Waals surface area contributed by atoms with Gasteiger partial charge in [0.2, 0.25) is 0 Å². The van der Waals surface area contributed by atoms with Crippen LogP contribution in [0.15, 0.2) is 18.2 Å². The van der Waals surface area contributed by atoms with Gasteiger partial charge in [0.05, 0.1) is 17.2 Å². The number of rotatable bonds is 3. The van der Waals surface area contributed by atoms with Gasteiger partial charge in [0.25, 0.3) is 5.91 Å². The molecule has 0 spiro atoms. The topological polar surface area (TPSA) is 78.9 Å². The van der Waals surface area contributed by atoms with Crippen LogP contribution in [0.2, 0.25) is 5.02 Å². The van der Waals surface area contributed by atoms with Gasteiger partial charge in [0.15, 0.2) is 0 Å². The number of hydrogen-bond acceptors (Lipinski definition) is 5. The molecule has 1 aromatic carbocycles. The van der Waals surface area contributed by atoms with Gasteiger partial charge >= 0.3 is 5.97 Å². The highest BCUT2D eigenvalue weighted by Crippen LogP contribution is 2.24. The van der Waals surface area contributed by atoms with Crippen molar-refractivity contribution in [2.24, 2.45) is 0 Å². The maximum absolute atomic E-state index is 12.6. The molecule has 1 heterocycles. The van der Waals surface area contributed by atoms with E-state index in [1.54, 1.807) is 6.92 Å². The van der Waals surface area contributed by atoms with Crippen LogP contribution in [0.3, 0.4) is 0 Å². The van der Waals surface area contributed by atoms with Crippen molar-refractivity contribution < 1.29 is 19.4 Å². The van der Waals surface area contributed by atoms with Gasteiger partial charge in [-0.1, -0.05) is 11.6 Å². The molecule has 1 atom stereocenters. The summed E-state index contributed by atoms with van der Waals surface area (Å²) in [7, 11) is 0. The third-order valence-electron chi connectivity index (χ3n) is 3.24. The Labute approximate surface area is 127 Å². The first-order valence-corrected chi connectivity index (χ1v) is 7.09. The average Bonchev–Trinajstić information content (AvgIpc) is 2.49. The normalized spacial score (nSPS) is 18.4. The van der Waals surface area contributed by atoms with E-state index < -0.39 is 17.9 Å². The van der Waals surface area contributed by atoms with Gasteiger partial charge < -0.3 is 20.1 Å². The summed E-state index contributed by atoms with van der Waals surface area (Å²) in [5.74, 6) is -0.893. The van der Waals surface area contributed by atoms with Crippen LogP contribution >= 0.6 is 11.6 Å². The van der Waals surface area contributed by atoms with Crippen molar-refractivity contribution in [2.75, 3.05) is 26.2 Å². The molecule has 1 aliphatic heterocycles. The third kappa shape index (κ3) is 3.46. The Bertz CT molecular complexity index is 550. The van der Waals surface area contributed by atoms with E-state index in [1.165, 1.54) is 23.1 Å². The number of halogens is 1. The van der Waals surface area contributed by atoms with E-state index in [4.69, 9.17) is 16.3 Å². The summed E-state index contributed by atoms with van der Waals surface area (Å²) in [4.78, 5) is 26.0. The summed E-state index contributed by atoms with van der Waals surface area (Å²) in [6, 6.07) is 3.46. The van der Waals surface area contributed by atoms with Crippen LogP contribution in [0.1, 0.15) is 17.3 Å². The van der Waals surface area contributed by atoms with E-state index in [1.807, 2.05) is 0 Å². The molecule has 0 aromatic heterocycles. The summed E-state index contributed by atoms with van der Waals surface area (Å²) in [6.07, 6.45) is 0. The Morgan fingerprint density at radius 1 is 1.52 bits per heavy atom. The number of hydrogen-bond donors (Lipinski definition) is 2. The van der Waals surface area contributed by atoms with E-state index in [0.717, 1.165) is 0 Å². The Morgan fingerprint density at radius 2 is 2.29 bits per heavy atom. The third-order valence-corrected chi connectivity index (χ3v) is 3.57. The second kappa shape index (κ2) is 6.78. The van der Waals surface area contributed by atoms with E-state index in [0.29, 0.717) is 19.6 Å². The second-order valence-corrected chi connectivity index (χ2v) is 5.04. The summed E-state index contributed by atoms with van der Waals surface area (Å²) in [5.41, 5.74) is 0.174. The molecule has 0 saturated carbocycles. The summed E-state index contributed by atoms with van der Waals surface area (Å²) in [6.45, 7) is 3.25.